The molecule has 2 bridgehead atoms. The molecule has 3 heteroatoms. The number of aliphatic carboxylic acids is 1. The van der Waals surface area contributed by atoms with Crippen molar-refractivity contribution in [2.45, 2.75) is 44.3 Å². The van der Waals surface area contributed by atoms with Crippen molar-refractivity contribution in [3.8, 4) is 0 Å². The van der Waals surface area contributed by atoms with Gasteiger partial charge in [0, 0.05) is 12.1 Å². The van der Waals surface area contributed by atoms with E-state index >= 15 is 0 Å². The first kappa shape index (κ1) is 11.7. The number of carbonyl (C=O) groups is 1. The second-order valence-corrected chi connectivity index (χ2v) is 5.54. The highest BCUT2D eigenvalue weighted by Gasteiger charge is 2.50. The summed E-state index contributed by atoms with van der Waals surface area (Å²) in [5, 5.41) is 9.46. The van der Waals surface area contributed by atoms with Gasteiger partial charge in [-0.15, -0.1) is 0 Å². The third-order valence-electron chi connectivity index (χ3n) is 4.62. The Morgan fingerprint density at radius 1 is 1.33 bits per heavy atom. The van der Waals surface area contributed by atoms with Gasteiger partial charge in [0.25, 0.3) is 0 Å². The van der Waals surface area contributed by atoms with Crippen LogP contribution in [-0.2, 0) is 4.79 Å². The molecule has 0 radical (unpaired) electrons. The van der Waals surface area contributed by atoms with Crippen LogP contribution in [0, 0.1) is 5.92 Å². The van der Waals surface area contributed by atoms with Crippen molar-refractivity contribution in [1.82, 2.24) is 4.90 Å². The number of fused-ring (bicyclic) bond motifs is 2. The van der Waals surface area contributed by atoms with E-state index in [9.17, 15) is 9.90 Å². The molecule has 1 saturated heterocycles. The summed E-state index contributed by atoms with van der Waals surface area (Å²) in [6, 6.07) is 10.6. The summed E-state index contributed by atoms with van der Waals surface area (Å²) in [6.07, 6.45) is 3.30. The van der Waals surface area contributed by atoms with Crippen LogP contribution in [0.3, 0.4) is 0 Å². The highest BCUT2D eigenvalue weighted by Crippen LogP contribution is 2.46. The molecule has 0 aromatic heterocycles. The van der Waals surface area contributed by atoms with Crippen LogP contribution in [0.2, 0.25) is 0 Å². The zero-order chi connectivity index (χ0) is 12.7. The Labute approximate surface area is 107 Å². The van der Waals surface area contributed by atoms with Gasteiger partial charge in [-0.3, -0.25) is 9.69 Å². The summed E-state index contributed by atoms with van der Waals surface area (Å²) >= 11 is 0. The third-order valence-corrected chi connectivity index (χ3v) is 4.62. The fourth-order valence-electron chi connectivity index (χ4n) is 3.81. The first-order valence-electron chi connectivity index (χ1n) is 6.73. The molecule has 18 heavy (non-hydrogen) atoms. The molecule has 1 aliphatic heterocycles. The van der Waals surface area contributed by atoms with Gasteiger partial charge in [0.05, 0.1) is 0 Å². The molecule has 96 valence electrons. The topological polar surface area (TPSA) is 40.5 Å². The number of hydrogen-bond acceptors (Lipinski definition) is 2. The smallest absolute Gasteiger partial charge is 0.321 e. The van der Waals surface area contributed by atoms with Crippen LogP contribution in [0.4, 0.5) is 0 Å². The van der Waals surface area contributed by atoms with Gasteiger partial charge < -0.3 is 5.11 Å². The summed E-state index contributed by atoms with van der Waals surface area (Å²) in [6.45, 7) is 2.13. The van der Waals surface area contributed by atoms with Crippen molar-refractivity contribution in [3.05, 3.63) is 35.9 Å². The summed E-state index contributed by atoms with van der Waals surface area (Å²) in [5.74, 6) is -0.288. The Bertz CT molecular complexity index is 445. The predicted octanol–water partition coefficient (Wildman–Crippen LogP) is 2.69. The number of hydrogen-bond donors (Lipinski definition) is 1. The van der Waals surface area contributed by atoms with Crippen molar-refractivity contribution in [2.75, 3.05) is 0 Å². The molecule has 0 spiro atoms. The molecule has 3 nitrogen and oxygen atoms in total. The van der Waals surface area contributed by atoms with E-state index in [2.05, 4.69) is 24.0 Å². The normalized spacial score (nSPS) is 32.6. The lowest BCUT2D eigenvalue weighted by Gasteiger charge is -2.37. The summed E-state index contributed by atoms with van der Waals surface area (Å²) in [7, 11) is 0. The molecule has 1 heterocycles. The van der Waals surface area contributed by atoms with Crippen molar-refractivity contribution in [3.63, 3.8) is 0 Å². The van der Waals surface area contributed by atoms with E-state index < -0.39 is 5.97 Å². The van der Waals surface area contributed by atoms with Crippen molar-refractivity contribution in [1.29, 1.82) is 0 Å². The lowest BCUT2D eigenvalue weighted by molar-refractivity contribution is -0.146. The maximum absolute atomic E-state index is 11.5. The van der Waals surface area contributed by atoms with Gasteiger partial charge in [0.1, 0.15) is 6.04 Å². The Balaban J connectivity index is 1.89. The SMILES string of the molecule is C[C@@H](c1ccccc1)N1[C@H]2CC[C@@H](C2)[C@@H]1C(=O)O. The van der Waals surface area contributed by atoms with Crippen LogP contribution in [0.15, 0.2) is 30.3 Å². The maximum Gasteiger partial charge on any atom is 0.321 e. The minimum atomic E-state index is -0.648. The van der Waals surface area contributed by atoms with Crippen LogP contribution < -0.4 is 0 Å². The number of nitrogens with zero attached hydrogens (tertiary/aromatic N) is 1. The van der Waals surface area contributed by atoms with E-state index in [0.29, 0.717) is 12.0 Å². The number of piperidine rings is 1. The molecule has 4 atom stereocenters. The minimum absolute atomic E-state index is 0.197. The van der Waals surface area contributed by atoms with Crippen LogP contribution in [0.5, 0.6) is 0 Å². The second kappa shape index (κ2) is 4.39. The maximum atomic E-state index is 11.5. The van der Waals surface area contributed by atoms with E-state index in [-0.39, 0.29) is 12.1 Å². The van der Waals surface area contributed by atoms with Gasteiger partial charge in [-0.05, 0) is 37.7 Å². The highest BCUT2D eigenvalue weighted by atomic mass is 16.4. The molecule has 2 fully saturated rings. The second-order valence-electron chi connectivity index (χ2n) is 5.54. The third kappa shape index (κ3) is 1.74. The lowest BCUT2D eigenvalue weighted by atomic mass is 9.96. The van der Waals surface area contributed by atoms with Crippen LogP contribution in [0.1, 0.15) is 37.8 Å². The molecule has 0 amide bonds. The monoisotopic (exact) mass is 245 g/mol. The van der Waals surface area contributed by atoms with Gasteiger partial charge in [-0.1, -0.05) is 30.3 Å². The molecular weight excluding hydrogens is 226 g/mol. The average Bonchev–Trinajstić information content (AvgIpc) is 2.99. The fourth-order valence-corrected chi connectivity index (χ4v) is 3.81. The van der Waals surface area contributed by atoms with Crippen molar-refractivity contribution in [2.24, 2.45) is 5.92 Å². The van der Waals surface area contributed by atoms with Crippen LogP contribution >= 0.6 is 0 Å². The number of rotatable bonds is 3. The Kier molecular flexibility index (Phi) is 2.86. The Morgan fingerprint density at radius 2 is 2.06 bits per heavy atom. The first-order valence-corrected chi connectivity index (χ1v) is 6.73. The van der Waals surface area contributed by atoms with E-state index in [4.69, 9.17) is 0 Å². The molecule has 2 aliphatic rings. The molecule has 1 saturated carbocycles. The van der Waals surface area contributed by atoms with Crippen molar-refractivity contribution < 1.29 is 9.90 Å². The van der Waals surface area contributed by atoms with Gasteiger partial charge in [-0.2, -0.15) is 0 Å². The number of carboxylic acid groups (broad SMARTS) is 1. The number of benzene rings is 1. The lowest BCUT2D eigenvalue weighted by Crippen LogP contribution is -2.46. The van der Waals surface area contributed by atoms with E-state index in [1.54, 1.807) is 0 Å². The Hall–Kier alpha value is -1.35. The first-order chi connectivity index (χ1) is 8.68. The number of likely N-dealkylation sites (tertiary alicyclic amines) is 1. The van der Waals surface area contributed by atoms with E-state index in [1.807, 2.05) is 18.2 Å². The summed E-state index contributed by atoms with van der Waals surface area (Å²) in [4.78, 5) is 13.7. The Morgan fingerprint density at radius 3 is 2.72 bits per heavy atom. The summed E-state index contributed by atoms with van der Waals surface area (Å²) in [5.41, 5.74) is 1.22. The number of carboxylic acids is 1. The molecule has 1 aromatic carbocycles. The van der Waals surface area contributed by atoms with Crippen LogP contribution in [-0.4, -0.2) is 28.1 Å². The van der Waals surface area contributed by atoms with Crippen molar-refractivity contribution >= 4 is 5.97 Å². The van der Waals surface area contributed by atoms with E-state index in [1.165, 1.54) is 5.56 Å². The average molecular weight is 245 g/mol. The minimum Gasteiger partial charge on any atom is -0.480 e. The molecule has 1 aliphatic carbocycles. The predicted molar refractivity (Wildman–Crippen MR) is 69.2 cm³/mol. The fraction of sp³-hybridized carbons (Fsp3) is 0.533. The zero-order valence-corrected chi connectivity index (χ0v) is 10.6. The molecule has 3 rings (SSSR count). The van der Waals surface area contributed by atoms with Gasteiger partial charge in [0.15, 0.2) is 0 Å². The molecule has 0 unspecified atom stereocenters. The van der Waals surface area contributed by atoms with Gasteiger partial charge >= 0.3 is 5.97 Å². The molecule has 1 aromatic rings. The van der Waals surface area contributed by atoms with E-state index in [0.717, 1.165) is 19.3 Å². The standard InChI is InChI=1S/C15H19NO2/c1-10(11-5-3-2-4-6-11)16-13-8-7-12(9-13)14(16)15(17)18/h2-6,10,12-14H,7-9H2,1H3,(H,17,18)/t10-,12-,13-,14+/m0/s1. The molecular formula is C15H19NO2. The largest absolute Gasteiger partial charge is 0.480 e. The quantitative estimate of drug-likeness (QED) is 0.890. The van der Waals surface area contributed by atoms with Crippen LogP contribution in [0.25, 0.3) is 0 Å². The molecule has 1 N–H and O–H groups in total. The zero-order valence-electron chi connectivity index (χ0n) is 10.6. The van der Waals surface area contributed by atoms with Gasteiger partial charge in [-0.25, -0.2) is 0 Å². The summed E-state index contributed by atoms with van der Waals surface area (Å²) < 4.78 is 0. The van der Waals surface area contributed by atoms with Gasteiger partial charge in [0.2, 0.25) is 0 Å². The highest BCUT2D eigenvalue weighted by molar-refractivity contribution is 5.75.